The second-order valence-electron chi connectivity index (χ2n) is 3.81. The number of amides is 1. The molecule has 1 saturated heterocycles. The molecule has 0 aromatic heterocycles. The Morgan fingerprint density at radius 2 is 1.87 bits per heavy atom. The third kappa shape index (κ3) is 5.78. The first-order valence-electron chi connectivity index (χ1n) is 6.00. The van der Waals surface area contributed by atoms with Crippen molar-refractivity contribution in [2.24, 2.45) is 5.92 Å². The van der Waals surface area contributed by atoms with Crippen LogP contribution in [0.25, 0.3) is 0 Å². The van der Waals surface area contributed by atoms with Gasteiger partial charge in [-0.05, 0) is 18.8 Å². The molecule has 1 rings (SSSR count). The SMILES string of the molecule is CC.COCCC(=O)N1CCC(C)CC1. The number of piperidine rings is 1. The number of carbonyl (C=O) groups is 1. The van der Waals surface area contributed by atoms with E-state index in [1.807, 2.05) is 18.7 Å². The highest BCUT2D eigenvalue weighted by Crippen LogP contribution is 2.16. The summed E-state index contributed by atoms with van der Waals surface area (Å²) in [7, 11) is 1.63. The highest BCUT2D eigenvalue weighted by atomic mass is 16.5. The molecule has 3 heteroatoms. The van der Waals surface area contributed by atoms with Crippen molar-refractivity contribution < 1.29 is 9.53 Å². The number of ether oxygens (including phenoxy) is 1. The first-order valence-corrected chi connectivity index (χ1v) is 6.00. The van der Waals surface area contributed by atoms with E-state index in [1.165, 1.54) is 0 Å². The van der Waals surface area contributed by atoms with Gasteiger partial charge in [-0.1, -0.05) is 20.8 Å². The van der Waals surface area contributed by atoms with Crippen molar-refractivity contribution >= 4 is 5.91 Å². The molecule has 0 N–H and O–H groups in total. The van der Waals surface area contributed by atoms with Crippen LogP contribution < -0.4 is 0 Å². The predicted octanol–water partition coefficient (Wildman–Crippen LogP) is 2.31. The average molecular weight is 215 g/mol. The molecular weight excluding hydrogens is 190 g/mol. The second-order valence-corrected chi connectivity index (χ2v) is 3.81. The number of nitrogens with zero attached hydrogens (tertiary/aromatic N) is 1. The first-order chi connectivity index (χ1) is 7.24. The number of methoxy groups -OCH3 is 1. The highest BCUT2D eigenvalue weighted by molar-refractivity contribution is 5.76. The van der Waals surface area contributed by atoms with Gasteiger partial charge in [0.15, 0.2) is 0 Å². The van der Waals surface area contributed by atoms with Gasteiger partial charge in [0, 0.05) is 20.2 Å². The van der Waals surface area contributed by atoms with Crippen molar-refractivity contribution in [1.82, 2.24) is 4.90 Å². The molecule has 15 heavy (non-hydrogen) atoms. The smallest absolute Gasteiger partial charge is 0.224 e. The third-order valence-electron chi connectivity index (χ3n) is 2.66. The van der Waals surface area contributed by atoms with Crippen molar-refractivity contribution in [3.05, 3.63) is 0 Å². The Morgan fingerprint density at radius 1 is 1.33 bits per heavy atom. The monoisotopic (exact) mass is 215 g/mol. The summed E-state index contributed by atoms with van der Waals surface area (Å²) in [6.07, 6.45) is 2.84. The van der Waals surface area contributed by atoms with Crippen molar-refractivity contribution in [1.29, 1.82) is 0 Å². The predicted molar refractivity (Wildman–Crippen MR) is 62.8 cm³/mol. The van der Waals surface area contributed by atoms with Gasteiger partial charge < -0.3 is 9.64 Å². The third-order valence-corrected chi connectivity index (χ3v) is 2.66. The van der Waals surface area contributed by atoms with Crippen LogP contribution in [0.15, 0.2) is 0 Å². The summed E-state index contributed by atoms with van der Waals surface area (Å²) in [5.74, 6) is 1.03. The molecule has 1 aliphatic rings. The molecule has 1 heterocycles. The Morgan fingerprint density at radius 3 is 2.33 bits per heavy atom. The van der Waals surface area contributed by atoms with Gasteiger partial charge in [0.1, 0.15) is 0 Å². The van der Waals surface area contributed by atoms with Crippen LogP contribution >= 0.6 is 0 Å². The molecule has 0 aromatic rings. The molecule has 1 amide bonds. The first kappa shape index (κ1) is 14.4. The molecule has 0 radical (unpaired) electrons. The van der Waals surface area contributed by atoms with Crippen LogP contribution in [0.4, 0.5) is 0 Å². The van der Waals surface area contributed by atoms with E-state index in [2.05, 4.69) is 6.92 Å². The highest BCUT2D eigenvalue weighted by Gasteiger charge is 2.19. The molecule has 1 fully saturated rings. The van der Waals surface area contributed by atoms with E-state index in [9.17, 15) is 4.79 Å². The van der Waals surface area contributed by atoms with E-state index < -0.39 is 0 Å². The molecule has 0 atom stereocenters. The molecule has 90 valence electrons. The number of rotatable bonds is 3. The lowest BCUT2D eigenvalue weighted by Gasteiger charge is -2.30. The van der Waals surface area contributed by atoms with Gasteiger partial charge in [0.2, 0.25) is 5.91 Å². The summed E-state index contributed by atoms with van der Waals surface area (Å²) >= 11 is 0. The molecule has 1 aliphatic heterocycles. The van der Waals surface area contributed by atoms with Crippen LogP contribution in [0.5, 0.6) is 0 Å². The fourth-order valence-corrected chi connectivity index (χ4v) is 1.61. The lowest BCUT2D eigenvalue weighted by molar-refractivity contribution is -0.133. The number of hydrogen-bond donors (Lipinski definition) is 0. The van der Waals surface area contributed by atoms with E-state index in [1.54, 1.807) is 7.11 Å². The number of carbonyl (C=O) groups excluding carboxylic acids is 1. The molecule has 3 nitrogen and oxygen atoms in total. The molecule has 0 bridgehead atoms. The van der Waals surface area contributed by atoms with Crippen LogP contribution in [0, 0.1) is 5.92 Å². The standard InChI is InChI=1S/C10H19NO2.C2H6/c1-9-3-6-11(7-4-9)10(12)5-8-13-2;1-2/h9H,3-8H2,1-2H3;1-2H3. The molecule has 0 aliphatic carbocycles. The summed E-state index contributed by atoms with van der Waals surface area (Å²) in [5.41, 5.74) is 0. The van der Waals surface area contributed by atoms with Gasteiger partial charge in [-0.2, -0.15) is 0 Å². The Labute approximate surface area is 93.8 Å². The van der Waals surface area contributed by atoms with Crippen LogP contribution in [-0.2, 0) is 9.53 Å². The quantitative estimate of drug-likeness (QED) is 0.723. The van der Waals surface area contributed by atoms with E-state index in [4.69, 9.17) is 4.74 Å². The molecule has 0 saturated carbocycles. The molecule has 0 unspecified atom stereocenters. The van der Waals surface area contributed by atoms with E-state index in [0.29, 0.717) is 13.0 Å². The summed E-state index contributed by atoms with van der Waals surface area (Å²) in [4.78, 5) is 13.5. The fourth-order valence-electron chi connectivity index (χ4n) is 1.61. The minimum atomic E-state index is 0.244. The van der Waals surface area contributed by atoms with E-state index in [-0.39, 0.29) is 5.91 Å². The van der Waals surface area contributed by atoms with Gasteiger partial charge in [-0.25, -0.2) is 0 Å². The van der Waals surface area contributed by atoms with E-state index in [0.717, 1.165) is 31.8 Å². The van der Waals surface area contributed by atoms with Gasteiger partial charge in [0.25, 0.3) is 0 Å². The Balaban J connectivity index is 0.000000921. The van der Waals surface area contributed by atoms with Gasteiger partial charge in [-0.3, -0.25) is 4.79 Å². The van der Waals surface area contributed by atoms with Crippen LogP contribution in [-0.4, -0.2) is 37.6 Å². The van der Waals surface area contributed by atoms with Crippen molar-refractivity contribution in [3.63, 3.8) is 0 Å². The lowest BCUT2D eigenvalue weighted by atomic mass is 9.99. The summed E-state index contributed by atoms with van der Waals surface area (Å²) in [5, 5.41) is 0. The topological polar surface area (TPSA) is 29.5 Å². The zero-order valence-electron chi connectivity index (χ0n) is 10.6. The number of likely N-dealkylation sites (tertiary alicyclic amines) is 1. The zero-order chi connectivity index (χ0) is 11.7. The molecule has 0 aromatic carbocycles. The Hall–Kier alpha value is -0.570. The van der Waals surface area contributed by atoms with Crippen molar-refractivity contribution in [2.75, 3.05) is 26.8 Å². The summed E-state index contributed by atoms with van der Waals surface area (Å²) in [6, 6.07) is 0. The number of hydrogen-bond acceptors (Lipinski definition) is 2. The summed E-state index contributed by atoms with van der Waals surface area (Å²) in [6.45, 7) is 8.66. The Kier molecular flexibility index (Phi) is 8.38. The maximum absolute atomic E-state index is 11.5. The minimum absolute atomic E-state index is 0.244. The normalized spacial score (nSPS) is 16.9. The minimum Gasteiger partial charge on any atom is -0.384 e. The average Bonchev–Trinajstić information content (AvgIpc) is 2.29. The lowest BCUT2D eigenvalue weighted by Crippen LogP contribution is -2.38. The maximum atomic E-state index is 11.5. The molecular formula is C12H25NO2. The fraction of sp³-hybridized carbons (Fsp3) is 0.917. The Bertz CT molecular complexity index is 163. The van der Waals surface area contributed by atoms with Crippen LogP contribution in [0.2, 0.25) is 0 Å². The summed E-state index contributed by atoms with van der Waals surface area (Å²) < 4.78 is 4.88. The largest absolute Gasteiger partial charge is 0.384 e. The zero-order valence-corrected chi connectivity index (χ0v) is 10.6. The molecule has 0 spiro atoms. The van der Waals surface area contributed by atoms with Crippen molar-refractivity contribution in [3.8, 4) is 0 Å². The maximum Gasteiger partial charge on any atom is 0.224 e. The van der Waals surface area contributed by atoms with Gasteiger partial charge in [0.05, 0.1) is 13.0 Å². The van der Waals surface area contributed by atoms with Crippen LogP contribution in [0.3, 0.4) is 0 Å². The van der Waals surface area contributed by atoms with Gasteiger partial charge in [-0.15, -0.1) is 0 Å². The second kappa shape index (κ2) is 8.72. The van der Waals surface area contributed by atoms with Crippen LogP contribution in [0.1, 0.15) is 40.0 Å². The van der Waals surface area contributed by atoms with Gasteiger partial charge >= 0.3 is 0 Å². The van der Waals surface area contributed by atoms with Crippen molar-refractivity contribution in [2.45, 2.75) is 40.0 Å². The van der Waals surface area contributed by atoms with E-state index >= 15 is 0 Å².